The number of rotatable bonds is 6. The Bertz CT molecular complexity index is 450. The molecule has 1 atom stereocenters. The summed E-state index contributed by atoms with van der Waals surface area (Å²) >= 11 is 0. The van der Waals surface area contributed by atoms with Gasteiger partial charge >= 0.3 is 0 Å². The van der Waals surface area contributed by atoms with Crippen LogP contribution in [0.3, 0.4) is 0 Å². The maximum Gasteiger partial charge on any atom is 0.239 e. The number of halogens is 1. The summed E-state index contributed by atoms with van der Waals surface area (Å²) in [6, 6.07) is 6.73. The quantitative estimate of drug-likeness (QED) is 0.866. The van der Waals surface area contributed by atoms with Crippen LogP contribution >= 0.6 is 0 Å². The van der Waals surface area contributed by atoms with Crippen LogP contribution in [0.1, 0.15) is 31.7 Å². The lowest BCUT2D eigenvalue weighted by molar-refractivity contribution is -0.135. The maximum atomic E-state index is 13.6. The zero-order valence-corrected chi connectivity index (χ0v) is 12.1. The highest BCUT2D eigenvalue weighted by molar-refractivity contribution is 5.82. The molecule has 1 unspecified atom stereocenters. The van der Waals surface area contributed by atoms with E-state index in [0.29, 0.717) is 18.5 Å². The average Bonchev–Trinajstić information content (AvgIpc) is 2.46. The molecular weight excluding hydrogens is 255 g/mol. The van der Waals surface area contributed by atoms with E-state index in [1.807, 2.05) is 11.0 Å². The highest BCUT2D eigenvalue weighted by Crippen LogP contribution is 2.14. The van der Waals surface area contributed by atoms with Crippen LogP contribution in [0.2, 0.25) is 0 Å². The third-order valence-electron chi connectivity index (χ3n) is 3.78. The van der Waals surface area contributed by atoms with E-state index < -0.39 is 0 Å². The molecule has 1 heterocycles. The van der Waals surface area contributed by atoms with Gasteiger partial charge in [-0.3, -0.25) is 4.79 Å². The van der Waals surface area contributed by atoms with Crippen LogP contribution in [0.15, 0.2) is 24.3 Å². The summed E-state index contributed by atoms with van der Waals surface area (Å²) in [6.45, 7) is 4.36. The second kappa shape index (κ2) is 7.39. The molecule has 1 aliphatic heterocycles. The molecule has 0 aromatic heterocycles. The molecule has 3 nitrogen and oxygen atoms in total. The van der Waals surface area contributed by atoms with Gasteiger partial charge in [0, 0.05) is 13.1 Å². The van der Waals surface area contributed by atoms with Crippen LogP contribution in [0.25, 0.3) is 0 Å². The van der Waals surface area contributed by atoms with Crippen molar-refractivity contribution in [1.29, 1.82) is 0 Å². The minimum absolute atomic E-state index is 0.0516. The summed E-state index contributed by atoms with van der Waals surface area (Å²) in [5.41, 5.74) is 0.684. The molecule has 0 bridgehead atoms. The van der Waals surface area contributed by atoms with E-state index in [4.69, 9.17) is 0 Å². The highest BCUT2D eigenvalue weighted by Gasteiger charge is 2.27. The molecule has 110 valence electrons. The van der Waals surface area contributed by atoms with Crippen LogP contribution in [0, 0.1) is 5.82 Å². The second-order valence-electron chi connectivity index (χ2n) is 5.32. The lowest BCUT2D eigenvalue weighted by atomic mass is 10.0. The van der Waals surface area contributed by atoms with Crippen LogP contribution in [-0.4, -0.2) is 36.5 Å². The fourth-order valence-corrected chi connectivity index (χ4v) is 2.63. The van der Waals surface area contributed by atoms with E-state index >= 15 is 0 Å². The first-order valence-electron chi connectivity index (χ1n) is 7.48. The molecule has 1 fully saturated rings. The Labute approximate surface area is 120 Å². The van der Waals surface area contributed by atoms with Gasteiger partial charge in [-0.25, -0.2) is 4.39 Å². The Morgan fingerprint density at radius 1 is 1.40 bits per heavy atom. The zero-order valence-electron chi connectivity index (χ0n) is 12.1. The number of likely N-dealkylation sites (tertiary alicyclic amines) is 1. The smallest absolute Gasteiger partial charge is 0.239 e. The molecule has 1 saturated heterocycles. The summed E-state index contributed by atoms with van der Waals surface area (Å²) in [7, 11) is 0. The van der Waals surface area contributed by atoms with E-state index in [0.717, 1.165) is 32.4 Å². The summed E-state index contributed by atoms with van der Waals surface area (Å²) in [6.07, 6.45) is 3.54. The normalized spacial score (nSPS) is 19.4. The van der Waals surface area contributed by atoms with Crippen molar-refractivity contribution in [2.24, 2.45) is 0 Å². The van der Waals surface area contributed by atoms with Crippen molar-refractivity contribution in [1.82, 2.24) is 10.2 Å². The molecule has 0 spiro atoms. The van der Waals surface area contributed by atoms with Crippen molar-refractivity contribution in [2.45, 2.75) is 38.6 Å². The van der Waals surface area contributed by atoms with Crippen molar-refractivity contribution in [3.05, 3.63) is 35.6 Å². The third kappa shape index (κ3) is 3.79. The predicted octanol–water partition coefficient (Wildman–Crippen LogP) is 2.36. The maximum absolute atomic E-state index is 13.6. The topological polar surface area (TPSA) is 32.3 Å². The second-order valence-corrected chi connectivity index (χ2v) is 5.32. The summed E-state index contributed by atoms with van der Waals surface area (Å²) in [4.78, 5) is 14.2. The number of nitrogens with one attached hydrogen (secondary N) is 1. The van der Waals surface area contributed by atoms with Gasteiger partial charge in [0.15, 0.2) is 0 Å². The Kier molecular flexibility index (Phi) is 5.53. The monoisotopic (exact) mass is 278 g/mol. The first-order chi connectivity index (χ1) is 9.72. The van der Waals surface area contributed by atoms with Gasteiger partial charge in [-0.2, -0.15) is 0 Å². The van der Waals surface area contributed by atoms with E-state index in [9.17, 15) is 9.18 Å². The number of hydrogen-bond acceptors (Lipinski definition) is 2. The van der Waals surface area contributed by atoms with Crippen molar-refractivity contribution >= 4 is 5.91 Å². The molecule has 0 saturated carbocycles. The summed E-state index contributed by atoms with van der Waals surface area (Å²) in [5.74, 6) is -0.0151. The summed E-state index contributed by atoms with van der Waals surface area (Å²) in [5, 5.41) is 3.30. The van der Waals surface area contributed by atoms with Crippen molar-refractivity contribution in [3.8, 4) is 0 Å². The first kappa shape index (κ1) is 15.0. The van der Waals surface area contributed by atoms with E-state index in [-0.39, 0.29) is 17.8 Å². The lowest BCUT2D eigenvalue weighted by Gasteiger charge is -2.32. The number of carbonyl (C=O) groups excluding carboxylic acids is 1. The number of carbonyl (C=O) groups is 1. The Morgan fingerprint density at radius 3 is 2.95 bits per heavy atom. The van der Waals surface area contributed by atoms with Gasteiger partial charge in [-0.1, -0.05) is 25.1 Å². The zero-order chi connectivity index (χ0) is 14.4. The predicted molar refractivity (Wildman–Crippen MR) is 78.0 cm³/mol. The molecular formula is C16H23FN2O. The van der Waals surface area contributed by atoms with E-state index in [2.05, 4.69) is 12.2 Å². The van der Waals surface area contributed by atoms with Crippen LogP contribution < -0.4 is 5.32 Å². The molecule has 0 radical (unpaired) electrons. The number of piperidine rings is 1. The molecule has 4 heteroatoms. The fraction of sp³-hybridized carbons (Fsp3) is 0.562. The molecule has 1 N–H and O–H groups in total. The molecule has 20 heavy (non-hydrogen) atoms. The minimum atomic E-state index is -0.183. The number of benzene rings is 1. The number of nitrogens with zero attached hydrogens (tertiary/aromatic N) is 1. The largest absolute Gasteiger partial charge is 0.341 e. The summed E-state index contributed by atoms with van der Waals surface area (Å²) < 4.78 is 13.6. The van der Waals surface area contributed by atoms with Gasteiger partial charge in [0.1, 0.15) is 5.82 Å². The van der Waals surface area contributed by atoms with Gasteiger partial charge in [-0.05, 0) is 43.9 Å². The average molecular weight is 278 g/mol. The molecule has 1 aromatic rings. The Balaban J connectivity index is 1.89. The minimum Gasteiger partial charge on any atom is -0.341 e. The van der Waals surface area contributed by atoms with Crippen LogP contribution in [0.4, 0.5) is 4.39 Å². The SMILES string of the molecule is CCCNC1CCCN(CCc2ccccc2F)C1=O. The number of hydrogen-bond donors (Lipinski definition) is 1. The Hall–Kier alpha value is -1.42. The van der Waals surface area contributed by atoms with Gasteiger partial charge < -0.3 is 10.2 Å². The lowest BCUT2D eigenvalue weighted by Crippen LogP contribution is -2.51. The molecule has 2 rings (SSSR count). The van der Waals surface area contributed by atoms with E-state index in [1.165, 1.54) is 6.07 Å². The van der Waals surface area contributed by atoms with Crippen molar-refractivity contribution in [3.63, 3.8) is 0 Å². The fourth-order valence-electron chi connectivity index (χ4n) is 2.63. The molecule has 1 aromatic carbocycles. The van der Waals surface area contributed by atoms with Gasteiger partial charge in [0.25, 0.3) is 0 Å². The molecule has 1 amide bonds. The van der Waals surface area contributed by atoms with E-state index in [1.54, 1.807) is 12.1 Å². The van der Waals surface area contributed by atoms with Crippen LogP contribution in [-0.2, 0) is 11.2 Å². The standard InChI is InChI=1S/C16H23FN2O/c1-2-10-18-15-8-5-11-19(16(15)20)12-9-13-6-3-4-7-14(13)17/h3-4,6-7,15,18H,2,5,8-12H2,1H3. The van der Waals surface area contributed by atoms with Crippen molar-refractivity contribution in [2.75, 3.05) is 19.6 Å². The van der Waals surface area contributed by atoms with Gasteiger partial charge in [0.2, 0.25) is 5.91 Å². The molecule has 0 aliphatic carbocycles. The first-order valence-corrected chi connectivity index (χ1v) is 7.48. The van der Waals surface area contributed by atoms with Gasteiger partial charge in [0.05, 0.1) is 6.04 Å². The number of amides is 1. The van der Waals surface area contributed by atoms with Gasteiger partial charge in [-0.15, -0.1) is 0 Å². The van der Waals surface area contributed by atoms with Crippen LogP contribution in [0.5, 0.6) is 0 Å². The third-order valence-corrected chi connectivity index (χ3v) is 3.78. The molecule has 1 aliphatic rings. The highest BCUT2D eigenvalue weighted by atomic mass is 19.1. The Morgan fingerprint density at radius 2 is 2.20 bits per heavy atom. The van der Waals surface area contributed by atoms with Crippen molar-refractivity contribution < 1.29 is 9.18 Å².